The van der Waals surface area contributed by atoms with Gasteiger partial charge in [-0.3, -0.25) is 4.79 Å². The lowest BCUT2D eigenvalue weighted by Gasteiger charge is -2.16. The first-order valence-electron chi connectivity index (χ1n) is 8.05. The van der Waals surface area contributed by atoms with Gasteiger partial charge in [0.1, 0.15) is 11.6 Å². The summed E-state index contributed by atoms with van der Waals surface area (Å²) in [5.41, 5.74) is 3.22. The molecular weight excluding hydrogens is 369 g/mol. The van der Waals surface area contributed by atoms with Crippen molar-refractivity contribution in [3.8, 4) is 6.07 Å². The van der Waals surface area contributed by atoms with Crippen molar-refractivity contribution < 1.29 is 4.79 Å². The van der Waals surface area contributed by atoms with Gasteiger partial charge in [-0.2, -0.15) is 5.26 Å². The SMILES string of the molecule is Cc1cccc(C(C)C)c1NC(=O)/C(C#N)=C\Nc1cc(Cl)cc(Cl)c1. The van der Waals surface area contributed by atoms with Gasteiger partial charge >= 0.3 is 0 Å². The Morgan fingerprint density at radius 2 is 1.85 bits per heavy atom. The predicted octanol–water partition coefficient (Wildman–Crippen LogP) is 5.88. The number of carbonyl (C=O) groups excluding carboxylic acids is 1. The minimum Gasteiger partial charge on any atom is -0.360 e. The Hall–Kier alpha value is -2.48. The summed E-state index contributed by atoms with van der Waals surface area (Å²) in [6, 6.07) is 12.6. The summed E-state index contributed by atoms with van der Waals surface area (Å²) < 4.78 is 0. The molecule has 0 aliphatic heterocycles. The van der Waals surface area contributed by atoms with E-state index in [4.69, 9.17) is 23.2 Å². The van der Waals surface area contributed by atoms with Crippen LogP contribution in [0.25, 0.3) is 0 Å². The Morgan fingerprint density at radius 1 is 1.19 bits per heavy atom. The van der Waals surface area contributed by atoms with Crippen LogP contribution in [0.3, 0.4) is 0 Å². The van der Waals surface area contributed by atoms with Crippen LogP contribution in [-0.4, -0.2) is 5.91 Å². The zero-order chi connectivity index (χ0) is 19.3. The van der Waals surface area contributed by atoms with Crippen molar-refractivity contribution in [3.63, 3.8) is 0 Å². The van der Waals surface area contributed by atoms with Crippen molar-refractivity contribution in [3.05, 3.63) is 69.3 Å². The first kappa shape index (κ1) is 19.8. The number of benzene rings is 2. The fourth-order valence-electron chi connectivity index (χ4n) is 2.46. The maximum Gasteiger partial charge on any atom is 0.267 e. The zero-order valence-electron chi connectivity index (χ0n) is 14.7. The molecule has 0 heterocycles. The van der Waals surface area contributed by atoms with E-state index in [1.165, 1.54) is 6.20 Å². The molecule has 6 heteroatoms. The first-order valence-corrected chi connectivity index (χ1v) is 8.81. The molecule has 2 rings (SSSR count). The van der Waals surface area contributed by atoms with Crippen LogP contribution in [0.15, 0.2) is 48.2 Å². The van der Waals surface area contributed by atoms with Gasteiger partial charge in [-0.05, 0) is 42.2 Å². The highest BCUT2D eigenvalue weighted by molar-refractivity contribution is 6.35. The predicted molar refractivity (Wildman–Crippen MR) is 108 cm³/mol. The van der Waals surface area contributed by atoms with Crippen molar-refractivity contribution >= 4 is 40.5 Å². The molecule has 134 valence electrons. The summed E-state index contributed by atoms with van der Waals surface area (Å²) in [5, 5.41) is 16.0. The number of rotatable bonds is 5. The summed E-state index contributed by atoms with van der Waals surface area (Å²) in [6.45, 7) is 6.02. The number of nitriles is 1. The molecule has 0 spiro atoms. The van der Waals surface area contributed by atoms with Crippen LogP contribution in [-0.2, 0) is 4.79 Å². The molecule has 0 saturated heterocycles. The van der Waals surface area contributed by atoms with Crippen molar-refractivity contribution in [2.75, 3.05) is 10.6 Å². The summed E-state index contributed by atoms with van der Waals surface area (Å²) in [7, 11) is 0. The number of aryl methyl sites for hydroxylation is 1. The number of halogens is 2. The average molecular weight is 388 g/mol. The normalized spacial score (nSPS) is 11.2. The third kappa shape index (κ3) is 5.01. The fraction of sp³-hybridized carbons (Fsp3) is 0.200. The third-order valence-electron chi connectivity index (χ3n) is 3.78. The molecule has 2 aromatic carbocycles. The number of carbonyl (C=O) groups is 1. The van der Waals surface area contributed by atoms with Crippen molar-refractivity contribution in [1.82, 2.24) is 0 Å². The van der Waals surface area contributed by atoms with Gasteiger partial charge in [-0.25, -0.2) is 0 Å². The topological polar surface area (TPSA) is 64.9 Å². The minimum atomic E-state index is -0.482. The highest BCUT2D eigenvalue weighted by atomic mass is 35.5. The first-order chi connectivity index (χ1) is 12.3. The standard InChI is InChI=1S/C20H19Cl2N3O/c1-12(2)18-6-4-5-13(3)19(18)25-20(26)14(10-23)11-24-17-8-15(21)7-16(22)9-17/h4-9,11-12,24H,1-3H3,(H,25,26)/b14-11-. The lowest BCUT2D eigenvalue weighted by Crippen LogP contribution is -2.17. The molecule has 0 atom stereocenters. The molecule has 0 aliphatic carbocycles. The highest BCUT2D eigenvalue weighted by Crippen LogP contribution is 2.28. The quantitative estimate of drug-likeness (QED) is 0.496. The van der Waals surface area contributed by atoms with Gasteiger partial charge in [0, 0.05) is 27.6 Å². The van der Waals surface area contributed by atoms with Crippen LogP contribution >= 0.6 is 23.2 Å². The number of amides is 1. The minimum absolute atomic E-state index is 0.0564. The molecular formula is C20H19Cl2N3O. The van der Waals surface area contributed by atoms with Crippen LogP contribution < -0.4 is 10.6 Å². The summed E-state index contributed by atoms with van der Waals surface area (Å²) in [6.07, 6.45) is 1.34. The van der Waals surface area contributed by atoms with E-state index >= 15 is 0 Å². The monoisotopic (exact) mass is 387 g/mol. The second-order valence-corrected chi connectivity index (χ2v) is 6.99. The van der Waals surface area contributed by atoms with E-state index in [0.29, 0.717) is 15.7 Å². The molecule has 1 amide bonds. The number of anilines is 2. The van der Waals surface area contributed by atoms with Crippen LogP contribution in [0.2, 0.25) is 10.0 Å². The molecule has 2 aromatic rings. The lowest BCUT2D eigenvalue weighted by atomic mass is 9.98. The van der Waals surface area contributed by atoms with E-state index in [9.17, 15) is 10.1 Å². The molecule has 4 nitrogen and oxygen atoms in total. The number of hydrogen-bond donors (Lipinski definition) is 2. The van der Waals surface area contributed by atoms with Gasteiger partial charge in [0.05, 0.1) is 0 Å². The van der Waals surface area contributed by atoms with E-state index in [-0.39, 0.29) is 11.5 Å². The fourth-order valence-corrected chi connectivity index (χ4v) is 2.99. The second-order valence-electron chi connectivity index (χ2n) is 6.12. The second kappa shape index (κ2) is 8.75. The maximum absolute atomic E-state index is 12.5. The third-order valence-corrected chi connectivity index (χ3v) is 4.21. The van der Waals surface area contributed by atoms with Crippen LogP contribution in [0.4, 0.5) is 11.4 Å². The van der Waals surface area contributed by atoms with Gasteiger partial charge in [0.2, 0.25) is 0 Å². The Balaban J connectivity index is 2.23. The number of para-hydroxylation sites is 1. The van der Waals surface area contributed by atoms with E-state index in [1.807, 2.05) is 31.2 Å². The van der Waals surface area contributed by atoms with Gasteiger partial charge in [-0.1, -0.05) is 55.2 Å². The smallest absolute Gasteiger partial charge is 0.267 e. The van der Waals surface area contributed by atoms with Crippen LogP contribution in [0.1, 0.15) is 30.9 Å². The van der Waals surface area contributed by atoms with E-state index in [1.54, 1.807) is 18.2 Å². The molecule has 0 saturated carbocycles. The van der Waals surface area contributed by atoms with Gasteiger partial charge < -0.3 is 10.6 Å². The van der Waals surface area contributed by atoms with Gasteiger partial charge in [-0.15, -0.1) is 0 Å². The molecule has 0 aromatic heterocycles. The van der Waals surface area contributed by atoms with Crippen LogP contribution in [0.5, 0.6) is 0 Å². The summed E-state index contributed by atoms with van der Waals surface area (Å²) in [4.78, 5) is 12.5. The van der Waals surface area contributed by atoms with E-state index in [0.717, 1.165) is 16.8 Å². The lowest BCUT2D eigenvalue weighted by molar-refractivity contribution is -0.112. The molecule has 0 unspecified atom stereocenters. The Kier molecular flexibility index (Phi) is 6.68. The summed E-state index contributed by atoms with van der Waals surface area (Å²) in [5.74, 6) is -0.240. The van der Waals surface area contributed by atoms with E-state index in [2.05, 4.69) is 24.5 Å². The molecule has 0 radical (unpaired) electrons. The van der Waals surface area contributed by atoms with Crippen LogP contribution in [0, 0.1) is 18.3 Å². The zero-order valence-corrected chi connectivity index (χ0v) is 16.2. The maximum atomic E-state index is 12.5. The highest BCUT2D eigenvalue weighted by Gasteiger charge is 2.15. The molecule has 2 N–H and O–H groups in total. The number of nitrogens with one attached hydrogen (secondary N) is 2. The molecule has 0 bridgehead atoms. The van der Waals surface area contributed by atoms with E-state index < -0.39 is 5.91 Å². The van der Waals surface area contributed by atoms with Crippen molar-refractivity contribution in [2.45, 2.75) is 26.7 Å². The Morgan fingerprint density at radius 3 is 2.42 bits per heavy atom. The Bertz CT molecular complexity index is 878. The largest absolute Gasteiger partial charge is 0.360 e. The van der Waals surface area contributed by atoms with Gasteiger partial charge in [0.15, 0.2) is 0 Å². The molecule has 0 aliphatic rings. The molecule has 26 heavy (non-hydrogen) atoms. The molecule has 0 fully saturated rings. The van der Waals surface area contributed by atoms with Crippen molar-refractivity contribution in [2.24, 2.45) is 0 Å². The summed E-state index contributed by atoms with van der Waals surface area (Å²) >= 11 is 11.9. The van der Waals surface area contributed by atoms with Crippen molar-refractivity contribution in [1.29, 1.82) is 5.26 Å². The number of nitrogens with zero attached hydrogens (tertiary/aromatic N) is 1. The Labute approximate surface area is 163 Å². The number of hydrogen-bond acceptors (Lipinski definition) is 3. The van der Waals surface area contributed by atoms with Gasteiger partial charge in [0.25, 0.3) is 5.91 Å². The average Bonchev–Trinajstić information content (AvgIpc) is 2.56.